The summed E-state index contributed by atoms with van der Waals surface area (Å²) in [5.41, 5.74) is 1.90. The minimum atomic E-state index is -0.668. The topological polar surface area (TPSA) is 64.6 Å². The van der Waals surface area contributed by atoms with Gasteiger partial charge in [0.2, 0.25) is 0 Å². The summed E-state index contributed by atoms with van der Waals surface area (Å²) in [6.45, 7) is 5.19. The van der Waals surface area contributed by atoms with E-state index in [1.165, 1.54) is 25.8 Å². The molecule has 2 atom stereocenters. The van der Waals surface area contributed by atoms with Crippen molar-refractivity contribution in [3.63, 3.8) is 0 Å². The van der Waals surface area contributed by atoms with Gasteiger partial charge < -0.3 is 20.6 Å². The standard InChI is InChI=1S/C18H27N3O2/c1-13-4-2-3-5-16(13)17(22)11-20-18(23)19-10-14-8-9-21(12-14)15-6-7-15/h2-5,14-15,17,22H,6-12H2,1H3,(H2,19,20,23). The SMILES string of the molecule is Cc1ccccc1C(O)CNC(=O)NCC1CCN(C2CC2)C1. The molecule has 1 aromatic rings. The normalized spacial score (nSPS) is 22.8. The molecule has 2 aliphatic rings. The minimum absolute atomic E-state index is 0.192. The molecule has 1 saturated heterocycles. The Labute approximate surface area is 138 Å². The summed E-state index contributed by atoms with van der Waals surface area (Å²) in [6, 6.07) is 8.32. The fourth-order valence-corrected chi connectivity index (χ4v) is 3.36. The van der Waals surface area contributed by atoms with Crippen molar-refractivity contribution in [2.24, 2.45) is 5.92 Å². The van der Waals surface area contributed by atoms with E-state index in [0.717, 1.165) is 30.3 Å². The summed E-state index contributed by atoms with van der Waals surface area (Å²) in [5, 5.41) is 15.9. The van der Waals surface area contributed by atoms with Crippen LogP contribution in [0, 0.1) is 12.8 Å². The Bertz CT molecular complexity index is 545. The molecule has 1 aromatic carbocycles. The Balaban J connectivity index is 1.35. The second kappa shape index (κ2) is 7.32. The molecule has 1 aliphatic carbocycles. The number of amides is 2. The van der Waals surface area contributed by atoms with E-state index >= 15 is 0 Å². The molecule has 2 amide bonds. The van der Waals surface area contributed by atoms with Crippen LogP contribution in [0.3, 0.4) is 0 Å². The fraction of sp³-hybridized carbons (Fsp3) is 0.611. The zero-order chi connectivity index (χ0) is 16.2. The Kier molecular flexibility index (Phi) is 5.18. The molecule has 3 rings (SSSR count). The predicted molar refractivity (Wildman–Crippen MR) is 90.2 cm³/mol. The highest BCUT2D eigenvalue weighted by molar-refractivity contribution is 5.73. The smallest absolute Gasteiger partial charge is 0.314 e. The van der Waals surface area contributed by atoms with E-state index in [4.69, 9.17) is 0 Å². The molecular weight excluding hydrogens is 290 g/mol. The van der Waals surface area contributed by atoms with Crippen LogP contribution in [0.1, 0.15) is 36.5 Å². The molecule has 5 nitrogen and oxygen atoms in total. The molecule has 2 unspecified atom stereocenters. The van der Waals surface area contributed by atoms with Crippen molar-refractivity contribution in [3.05, 3.63) is 35.4 Å². The highest BCUT2D eigenvalue weighted by Crippen LogP contribution is 2.31. The maximum atomic E-state index is 11.9. The van der Waals surface area contributed by atoms with Crippen LogP contribution in [-0.2, 0) is 0 Å². The van der Waals surface area contributed by atoms with E-state index in [1.54, 1.807) is 0 Å². The summed E-state index contributed by atoms with van der Waals surface area (Å²) >= 11 is 0. The van der Waals surface area contributed by atoms with Crippen LogP contribution in [0.2, 0.25) is 0 Å². The van der Waals surface area contributed by atoms with Crippen LogP contribution >= 0.6 is 0 Å². The van der Waals surface area contributed by atoms with Crippen LogP contribution in [0.4, 0.5) is 4.79 Å². The van der Waals surface area contributed by atoms with E-state index in [2.05, 4.69) is 15.5 Å². The van der Waals surface area contributed by atoms with Crippen LogP contribution in [0.5, 0.6) is 0 Å². The summed E-state index contributed by atoms with van der Waals surface area (Å²) in [7, 11) is 0. The zero-order valence-corrected chi connectivity index (χ0v) is 13.8. The average molecular weight is 317 g/mol. The minimum Gasteiger partial charge on any atom is -0.387 e. The Hall–Kier alpha value is -1.59. The maximum Gasteiger partial charge on any atom is 0.314 e. The molecule has 3 N–H and O–H groups in total. The molecule has 1 aliphatic heterocycles. The van der Waals surface area contributed by atoms with Gasteiger partial charge in [-0.2, -0.15) is 0 Å². The highest BCUT2D eigenvalue weighted by atomic mass is 16.3. The first-order valence-electron chi connectivity index (χ1n) is 8.63. The number of hydrogen-bond donors (Lipinski definition) is 3. The van der Waals surface area contributed by atoms with Crippen LogP contribution in [0.15, 0.2) is 24.3 Å². The zero-order valence-electron chi connectivity index (χ0n) is 13.8. The predicted octanol–water partition coefficient (Wildman–Crippen LogP) is 1.81. The van der Waals surface area contributed by atoms with Crippen molar-refractivity contribution in [2.75, 3.05) is 26.2 Å². The molecule has 126 valence electrons. The number of aryl methyl sites for hydroxylation is 1. The largest absolute Gasteiger partial charge is 0.387 e. The van der Waals surface area contributed by atoms with Crippen LogP contribution < -0.4 is 10.6 Å². The average Bonchev–Trinajstić information content (AvgIpc) is 3.30. The van der Waals surface area contributed by atoms with E-state index in [0.29, 0.717) is 5.92 Å². The number of carbonyl (C=O) groups excluding carboxylic acids is 1. The van der Waals surface area contributed by atoms with Crippen molar-refractivity contribution >= 4 is 6.03 Å². The van der Waals surface area contributed by atoms with Gasteiger partial charge in [-0.05, 0) is 49.8 Å². The van der Waals surface area contributed by atoms with Gasteiger partial charge in [-0.3, -0.25) is 0 Å². The number of nitrogens with one attached hydrogen (secondary N) is 2. The van der Waals surface area contributed by atoms with Gasteiger partial charge >= 0.3 is 6.03 Å². The van der Waals surface area contributed by atoms with Crippen molar-refractivity contribution in [1.82, 2.24) is 15.5 Å². The third kappa shape index (κ3) is 4.45. The van der Waals surface area contributed by atoms with Gasteiger partial charge in [0.25, 0.3) is 0 Å². The van der Waals surface area contributed by atoms with Crippen molar-refractivity contribution in [3.8, 4) is 0 Å². The van der Waals surface area contributed by atoms with Gasteiger partial charge in [0, 0.05) is 25.7 Å². The second-order valence-electron chi connectivity index (χ2n) is 6.84. The molecule has 0 bridgehead atoms. The molecule has 0 radical (unpaired) electrons. The van der Waals surface area contributed by atoms with Crippen molar-refractivity contribution < 1.29 is 9.90 Å². The fourth-order valence-electron chi connectivity index (χ4n) is 3.36. The molecule has 1 saturated carbocycles. The number of benzene rings is 1. The van der Waals surface area contributed by atoms with Crippen LogP contribution in [0.25, 0.3) is 0 Å². The first-order chi connectivity index (χ1) is 11.1. The molecule has 0 spiro atoms. The first-order valence-corrected chi connectivity index (χ1v) is 8.63. The molecule has 23 heavy (non-hydrogen) atoms. The molecular formula is C18H27N3O2. The van der Waals surface area contributed by atoms with E-state index in [1.807, 2.05) is 31.2 Å². The number of aliphatic hydroxyl groups excluding tert-OH is 1. The lowest BCUT2D eigenvalue weighted by atomic mass is 10.0. The number of carbonyl (C=O) groups is 1. The third-order valence-electron chi connectivity index (χ3n) is 4.94. The van der Waals surface area contributed by atoms with Gasteiger partial charge in [-0.1, -0.05) is 24.3 Å². The summed E-state index contributed by atoms with van der Waals surface area (Å²) in [6.07, 6.45) is 3.19. The van der Waals surface area contributed by atoms with Gasteiger partial charge in [-0.25, -0.2) is 4.79 Å². The molecule has 1 heterocycles. The second-order valence-corrected chi connectivity index (χ2v) is 6.84. The molecule has 5 heteroatoms. The Morgan fingerprint density at radius 1 is 1.30 bits per heavy atom. The molecule has 0 aromatic heterocycles. The lowest BCUT2D eigenvalue weighted by Crippen LogP contribution is -2.40. The lowest BCUT2D eigenvalue weighted by molar-refractivity contribution is 0.172. The lowest BCUT2D eigenvalue weighted by Gasteiger charge is -2.17. The monoisotopic (exact) mass is 317 g/mol. The van der Waals surface area contributed by atoms with E-state index < -0.39 is 6.10 Å². The number of hydrogen-bond acceptors (Lipinski definition) is 3. The number of rotatable bonds is 6. The first kappa shape index (κ1) is 16.3. The Morgan fingerprint density at radius 2 is 2.09 bits per heavy atom. The Morgan fingerprint density at radius 3 is 2.83 bits per heavy atom. The highest BCUT2D eigenvalue weighted by Gasteiger charge is 2.34. The summed E-state index contributed by atoms with van der Waals surface area (Å²) < 4.78 is 0. The quantitative estimate of drug-likeness (QED) is 0.750. The van der Waals surface area contributed by atoms with Gasteiger partial charge in [-0.15, -0.1) is 0 Å². The van der Waals surface area contributed by atoms with Gasteiger partial charge in [0.15, 0.2) is 0 Å². The third-order valence-corrected chi connectivity index (χ3v) is 4.94. The van der Waals surface area contributed by atoms with Gasteiger partial charge in [0.1, 0.15) is 0 Å². The van der Waals surface area contributed by atoms with E-state index in [-0.39, 0.29) is 12.6 Å². The van der Waals surface area contributed by atoms with Crippen molar-refractivity contribution in [2.45, 2.75) is 38.3 Å². The maximum absolute atomic E-state index is 11.9. The number of aliphatic hydroxyl groups is 1. The number of nitrogens with zero attached hydrogens (tertiary/aromatic N) is 1. The summed E-state index contributed by atoms with van der Waals surface area (Å²) in [4.78, 5) is 14.4. The van der Waals surface area contributed by atoms with Crippen LogP contribution in [-0.4, -0.2) is 48.3 Å². The molecule has 2 fully saturated rings. The number of likely N-dealkylation sites (tertiary alicyclic amines) is 1. The van der Waals surface area contributed by atoms with E-state index in [9.17, 15) is 9.90 Å². The number of urea groups is 1. The summed E-state index contributed by atoms with van der Waals surface area (Å²) in [5.74, 6) is 0.558. The van der Waals surface area contributed by atoms with Crippen molar-refractivity contribution in [1.29, 1.82) is 0 Å². The van der Waals surface area contributed by atoms with Gasteiger partial charge in [0.05, 0.1) is 6.10 Å².